The fourth-order valence-electron chi connectivity index (χ4n) is 2.14. The van der Waals surface area contributed by atoms with Gasteiger partial charge in [-0.2, -0.15) is 0 Å². The van der Waals surface area contributed by atoms with Gasteiger partial charge in [-0.05, 0) is 12.1 Å². The number of methoxy groups -OCH3 is 1. The highest BCUT2D eigenvalue weighted by Gasteiger charge is 2.17. The number of carbonyl (C=O) groups is 1. The minimum atomic E-state index is -0.0324. The Morgan fingerprint density at radius 3 is 3.05 bits per heavy atom. The lowest BCUT2D eigenvalue weighted by atomic mass is 10.1. The molecule has 1 atom stereocenters. The normalized spacial score (nSPS) is 17.7. The van der Waals surface area contributed by atoms with E-state index in [0.29, 0.717) is 37.0 Å². The minimum absolute atomic E-state index is 0. The first-order chi connectivity index (χ1) is 9.70. The highest BCUT2D eigenvalue weighted by Crippen LogP contribution is 2.25. The molecule has 0 bridgehead atoms. The molecule has 1 aromatic rings. The lowest BCUT2D eigenvalue weighted by Crippen LogP contribution is -2.44. The molecule has 5 nitrogen and oxygen atoms in total. The average Bonchev–Trinajstić information content (AvgIpc) is 2.46. The van der Waals surface area contributed by atoms with Crippen molar-refractivity contribution in [2.24, 2.45) is 0 Å². The summed E-state index contributed by atoms with van der Waals surface area (Å²) in [6.45, 7) is 2.42. The monoisotopic (exact) mass is 334 g/mol. The predicted octanol–water partition coefficient (Wildman–Crippen LogP) is 1.77. The SMILES string of the molecule is COc1cccc(Cl)c1CNC(=O)CC1COCCN1.Cl. The Bertz CT molecular complexity index is 466. The molecule has 0 aromatic heterocycles. The van der Waals surface area contributed by atoms with E-state index in [9.17, 15) is 4.79 Å². The zero-order chi connectivity index (χ0) is 14.4. The number of rotatable bonds is 5. The van der Waals surface area contributed by atoms with Gasteiger partial charge in [0.25, 0.3) is 0 Å². The first-order valence-corrected chi connectivity index (χ1v) is 6.97. The minimum Gasteiger partial charge on any atom is -0.496 e. The maximum absolute atomic E-state index is 11.9. The maximum atomic E-state index is 11.9. The van der Waals surface area contributed by atoms with Gasteiger partial charge in [0, 0.05) is 36.1 Å². The predicted molar refractivity (Wildman–Crippen MR) is 84.3 cm³/mol. The van der Waals surface area contributed by atoms with Gasteiger partial charge in [0.2, 0.25) is 5.91 Å². The van der Waals surface area contributed by atoms with Gasteiger partial charge in [0.15, 0.2) is 0 Å². The smallest absolute Gasteiger partial charge is 0.221 e. The summed E-state index contributed by atoms with van der Waals surface area (Å²) in [5, 5.41) is 6.70. The first kappa shape index (κ1) is 18.0. The molecule has 1 fully saturated rings. The van der Waals surface area contributed by atoms with E-state index in [1.807, 2.05) is 12.1 Å². The van der Waals surface area contributed by atoms with Crippen LogP contribution in [0.25, 0.3) is 0 Å². The fraction of sp³-hybridized carbons (Fsp3) is 0.500. The molecule has 1 aliphatic heterocycles. The van der Waals surface area contributed by atoms with Crippen LogP contribution >= 0.6 is 24.0 Å². The summed E-state index contributed by atoms with van der Waals surface area (Å²) in [4.78, 5) is 11.9. The topological polar surface area (TPSA) is 59.6 Å². The number of halogens is 2. The van der Waals surface area contributed by atoms with Crippen LogP contribution in [0.3, 0.4) is 0 Å². The van der Waals surface area contributed by atoms with Crippen LogP contribution in [0.2, 0.25) is 5.02 Å². The van der Waals surface area contributed by atoms with Gasteiger partial charge in [-0.3, -0.25) is 4.79 Å². The number of ether oxygens (including phenoxy) is 2. The van der Waals surface area contributed by atoms with Crippen LogP contribution in [0.4, 0.5) is 0 Å². The summed E-state index contributed by atoms with van der Waals surface area (Å²) in [5.41, 5.74) is 0.790. The molecule has 2 N–H and O–H groups in total. The summed E-state index contributed by atoms with van der Waals surface area (Å²) in [7, 11) is 1.58. The molecule has 0 saturated carbocycles. The molecule has 118 valence electrons. The number of morpholine rings is 1. The van der Waals surface area contributed by atoms with Crippen molar-refractivity contribution in [1.29, 1.82) is 0 Å². The molecule has 1 unspecified atom stereocenters. The molecule has 1 amide bonds. The van der Waals surface area contributed by atoms with E-state index in [-0.39, 0.29) is 24.4 Å². The second-order valence-electron chi connectivity index (χ2n) is 4.63. The quantitative estimate of drug-likeness (QED) is 0.861. The van der Waals surface area contributed by atoms with Crippen LogP contribution in [-0.2, 0) is 16.1 Å². The van der Waals surface area contributed by atoms with Crippen molar-refractivity contribution in [3.8, 4) is 5.75 Å². The summed E-state index contributed by atoms with van der Waals surface area (Å²) >= 11 is 6.12. The number of amides is 1. The number of hydrogen-bond acceptors (Lipinski definition) is 4. The molecular weight excluding hydrogens is 315 g/mol. The van der Waals surface area contributed by atoms with Crippen LogP contribution in [0.5, 0.6) is 5.75 Å². The summed E-state index contributed by atoms with van der Waals surface area (Å²) in [6.07, 6.45) is 0.396. The summed E-state index contributed by atoms with van der Waals surface area (Å²) < 4.78 is 10.6. The Labute approximate surface area is 135 Å². The molecule has 2 rings (SSSR count). The van der Waals surface area contributed by atoms with E-state index in [0.717, 1.165) is 12.1 Å². The highest BCUT2D eigenvalue weighted by atomic mass is 35.5. The van der Waals surface area contributed by atoms with Crippen molar-refractivity contribution in [3.63, 3.8) is 0 Å². The molecule has 7 heteroatoms. The van der Waals surface area contributed by atoms with Crippen molar-refractivity contribution in [1.82, 2.24) is 10.6 Å². The van der Waals surface area contributed by atoms with E-state index in [4.69, 9.17) is 21.1 Å². The van der Waals surface area contributed by atoms with Crippen LogP contribution in [0, 0.1) is 0 Å². The van der Waals surface area contributed by atoms with Gasteiger partial charge in [-0.25, -0.2) is 0 Å². The van der Waals surface area contributed by atoms with Crippen molar-refractivity contribution in [3.05, 3.63) is 28.8 Å². The molecule has 0 aliphatic carbocycles. The van der Waals surface area contributed by atoms with Crippen LogP contribution < -0.4 is 15.4 Å². The molecule has 1 saturated heterocycles. The largest absolute Gasteiger partial charge is 0.496 e. The van der Waals surface area contributed by atoms with Crippen molar-refractivity contribution < 1.29 is 14.3 Å². The molecule has 1 aromatic carbocycles. The van der Waals surface area contributed by atoms with E-state index >= 15 is 0 Å². The number of nitrogens with one attached hydrogen (secondary N) is 2. The lowest BCUT2D eigenvalue weighted by Gasteiger charge is -2.23. The number of hydrogen-bond donors (Lipinski definition) is 2. The second kappa shape index (κ2) is 9.10. The van der Waals surface area contributed by atoms with Crippen molar-refractivity contribution in [2.75, 3.05) is 26.9 Å². The third-order valence-electron chi connectivity index (χ3n) is 3.19. The van der Waals surface area contributed by atoms with Crippen LogP contribution in [0.1, 0.15) is 12.0 Å². The van der Waals surface area contributed by atoms with E-state index in [1.54, 1.807) is 13.2 Å². The molecule has 0 radical (unpaired) electrons. The number of carbonyl (C=O) groups excluding carboxylic acids is 1. The standard InChI is InChI=1S/C14H19ClN2O3.ClH/c1-19-13-4-2-3-12(15)11(13)8-17-14(18)7-10-9-20-6-5-16-10;/h2-4,10,16H,5-9H2,1H3,(H,17,18);1H. The third-order valence-corrected chi connectivity index (χ3v) is 3.54. The van der Waals surface area contributed by atoms with Crippen molar-refractivity contribution >= 4 is 29.9 Å². The zero-order valence-corrected chi connectivity index (χ0v) is 13.4. The number of benzene rings is 1. The Morgan fingerprint density at radius 1 is 1.57 bits per heavy atom. The maximum Gasteiger partial charge on any atom is 0.221 e. The van der Waals surface area contributed by atoms with E-state index in [2.05, 4.69) is 10.6 Å². The molecule has 0 spiro atoms. The molecular formula is C14H20Cl2N2O3. The van der Waals surface area contributed by atoms with Gasteiger partial charge in [0.05, 0.1) is 20.3 Å². The zero-order valence-electron chi connectivity index (χ0n) is 11.9. The second-order valence-corrected chi connectivity index (χ2v) is 5.03. The van der Waals surface area contributed by atoms with Gasteiger partial charge >= 0.3 is 0 Å². The Kier molecular flexibility index (Phi) is 7.82. The molecule has 1 heterocycles. The van der Waals surface area contributed by atoms with E-state index < -0.39 is 0 Å². The summed E-state index contributed by atoms with van der Waals surface area (Å²) in [5.74, 6) is 0.645. The molecule has 1 aliphatic rings. The molecule has 21 heavy (non-hydrogen) atoms. The van der Waals surface area contributed by atoms with E-state index in [1.165, 1.54) is 0 Å². The van der Waals surface area contributed by atoms with Gasteiger partial charge in [0.1, 0.15) is 5.75 Å². The highest BCUT2D eigenvalue weighted by molar-refractivity contribution is 6.31. The summed E-state index contributed by atoms with van der Waals surface area (Å²) in [6, 6.07) is 5.50. The van der Waals surface area contributed by atoms with Crippen molar-refractivity contribution in [2.45, 2.75) is 19.0 Å². The Morgan fingerprint density at radius 2 is 2.38 bits per heavy atom. The van der Waals surface area contributed by atoms with Gasteiger partial charge in [-0.1, -0.05) is 17.7 Å². The van der Waals surface area contributed by atoms with Crippen LogP contribution in [0.15, 0.2) is 18.2 Å². The lowest BCUT2D eigenvalue weighted by molar-refractivity contribution is -0.122. The van der Waals surface area contributed by atoms with Crippen LogP contribution in [-0.4, -0.2) is 38.8 Å². The Hall–Kier alpha value is -1.01. The average molecular weight is 335 g/mol. The van der Waals surface area contributed by atoms with Gasteiger partial charge in [-0.15, -0.1) is 12.4 Å². The van der Waals surface area contributed by atoms with Gasteiger partial charge < -0.3 is 20.1 Å². The fourth-order valence-corrected chi connectivity index (χ4v) is 2.37. The third kappa shape index (κ3) is 5.36. The Balaban J connectivity index is 0.00000220. The first-order valence-electron chi connectivity index (χ1n) is 6.60.